The van der Waals surface area contributed by atoms with Crippen molar-refractivity contribution >= 4 is 38.9 Å². The lowest BCUT2D eigenvalue weighted by Crippen LogP contribution is -2.00. The summed E-state index contributed by atoms with van der Waals surface area (Å²) in [6.45, 7) is 0.500. The van der Waals surface area contributed by atoms with Gasteiger partial charge in [-0.15, -0.1) is 0 Å². The molecule has 2 aromatic rings. The molecule has 0 saturated heterocycles. The third kappa shape index (κ3) is 3.68. The molecule has 0 saturated carbocycles. The van der Waals surface area contributed by atoms with Crippen molar-refractivity contribution in [3.63, 3.8) is 0 Å². The lowest BCUT2D eigenvalue weighted by Gasteiger charge is -2.07. The molecule has 0 atom stereocenters. The number of halogens is 2. The minimum atomic E-state index is -0.481. The Morgan fingerprint density at radius 1 is 1.21 bits per heavy atom. The van der Waals surface area contributed by atoms with Gasteiger partial charge >= 0.3 is 0 Å². The molecule has 0 aliphatic rings. The van der Waals surface area contributed by atoms with Crippen LogP contribution in [0.5, 0.6) is 0 Å². The Morgan fingerprint density at radius 2 is 1.89 bits per heavy atom. The molecule has 0 radical (unpaired) electrons. The average molecular weight is 342 g/mol. The van der Waals surface area contributed by atoms with Gasteiger partial charge in [0.15, 0.2) is 0 Å². The van der Waals surface area contributed by atoms with Crippen LogP contribution in [-0.4, -0.2) is 4.92 Å². The third-order valence-electron chi connectivity index (χ3n) is 2.55. The fraction of sp³-hybridized carbons (Fsp3) is 0.0769. The molecular weight excluding hydrogens is 332 g/mol. The Morgan fingerprint density at radius 3 is 2.53 bits per heavy atom. The number of nitro groups is 1. The van der Waals surface area contributed by atoms with E-state index in [1.807, 2.05) is 24.3 Å². The summed E-state index contributed by atoms with van der Waals surface area (Å²) in [7, 11) is 0. The van der Waals surface area contributed by atoms with E-state index in [2.05, 4.69) is 21.2 Å². The Bertz CT molecular complexity index is 602. The summed E-state index contributed by atoms with van der Waals surface area (Å²) in [4.78, 5) is 10.3. The van der Waals surface area contributed by atoms with E-state index >= 15 is 0 Å². The molecule has 0 fully saturated rings. The molecule has 2 aromatic carbocycles. The van der Waals surface area contributed by atoms with Gasteiger partial charge < -0.3 is 5.32 Å². The highest BCUT2D eigenvalue weighted by Crippen LogP contribution is 2.25. The van der Waals surface area contributed by atoms with Crippen molar-refractivity contribution < 1.29 is 4.92 Å². The van der Waals surface area contributed by atoms with Crippen LogP contribution in [0.3, 0.4) is 0 Å². The van der Waals surface area contributed by atoms with Crippen molar-refractivity contribution in [3.05, 3.63) is 67.6 Å². The molecule has 6 heteroatoms. The van der Waals surface area contributed by atoms with Gasteiger partial charge in [-0.1, -0.05) is 33.6 Å². The maximum Gasteiger partial charge on any atom is 0.288 e. The molecule has 0 aliphatic carbocycles. The van der Waals surface area contributed by atoms with E-state index in [-0.39, 0.29) is 10.7 Å². The first kappa shape index (κ1) is 13.8. The van der Waals surface area contributed by atoms with E-state index in [4.69, 9.17) is 11.6 Å². The first-order chi connectivity index (χ1) is 9.06. The fourth-order valence-corrected chi connectivity index (χ4v) is 2.03. The number of anilines is 1. The van der Waals surface area contributed by atoms with Gasteiger partial charge in [0.05, 0.1) is 4.92 Å². The summed E-state index contributed by atoms with van der Waals surface area (Å²) in [5.41, 5.74) is 1.68. The van der Waals surface area contributed by atoms with Crippen molar-refractivity contribution in [2.45, 2.75) is 6.54 Å². The maximum absolute atomic E-state index is 10.8. The minimum Gasteiger partial charge on any atom is -0.381 e. The second kappa shape index (κ2) is 6.04. The molecule has 2 rings (SSSR count). The average Bonchev–Trinajstić information content (AvgIpc) is 2.39. The summed E-state index contributed by atoms with van der Waals surface area (Å²) in [5.74, 6) is 0. The molecule has 0 heterocycles. The number of nitrogens with one attached hydrogen (secondary N) is 1. The van der Waals surface area contributed by atoms with Crippen LogP contribution in [0.15, 0.2) is 46.9 Å². The van der Waals surface area contributed by atoms with Crippen molar-refractivity contribution in [2.24, 2.45) is 0 Å². The lowest BCUT2D eigenvalue weighted by molar-refractivity contribution is -0.384. The number of hydrogen-bond acceptors (Lipinski definition) is 3. The summed E-state index contributed by atoms with van der Waals surface area (Å²) < 4.78 is 1.00. The van der Waals surface area contributed by atoms with Crippen LogP contribution in [0, 0.1) is 10.1 Å². The highest BCUT2D eigenvalue weighted by Gasteiger charge is 2.12. The van der Waals surface area contributed by atoms with E-state index in [9.17, 15) is 10.1 Å². The highest BCUT2D eigenvalue weighted by molar-refractivity contribution is 9.10. The van der Waals surface area contributed by atoms with Crippen molar-refractivity contribution in [2.75, 3.05) is 5.32 Å². The first-order valence-electron chi connectivity index (χ1n) is 5.48. The zero-order valence-electron chi connectivity index (χ0n) is 9.77. The Kier molecular flexibility index (Phi) is 4.39. The van der Waals surface area contributed by atoms with Gasteiger partial charge in [-0.2, -0.15) is 0 Å². The number of benzene rings is 2. The summed E-state index contributed by atoms with van der Waals surface area (Å²) >= 11 is 9.12. The molecule has 0 amide bonds. The second-order valence-electron chi connectivity index (χ2n) is 3.90. The smallest absolute Gasteiger partial charge is 0.288 e. The van der Waals surface area contributed by atoms with E-state index in [1.54, 1.807) is 6.07 Å². The predicted molar refractivity (Wildman–Crippen MR) is 79.6 cm³/mol. The van der Waals surface area contributed by atoms with Crippen LogP contribution in [-0.2, 0) is 6.54 Å². The van der Waals surface area contributed by atoms with Gasteiger partial charge in [0.2, 0.25) is 0 Å². The largest absolute Gasteiger partial charge is 0.381 e. The molecule has 0 bridgehead atoms. The quantitative estimate of drug-likeness (QED) is 0.652. The molecule has 0 unspecified atom stereocenters. The minimum absolute atomic E-state index is 0.0724. The Balaban J connectivity index is 2.09. The maximum atomic E-state index is 10.8. The van der Waals surface area contributed by atoms with E-state index in [1.165, 1.54) is 12.1 Å². The van der Waals surface area contributed by atoms with Crippen LogP contribution in [0.4, 0.5) is 11.4 Å². The number of rotatable bonds is 4. The van der Waals surface area contributed by atoms with Crippen LogP contribution < -0.4 is 5.32 Å². The monoisotopic (exact) mass is 340 g/mol. The summed E-state index contributed by atoms with van der Waals surface area (Å²) in [6.07, 6.45) is 0. The predicted octanol–water partition coefficient (Wildman–Crippen LogP) is 4.62. The Hall–Kier alpha value is -1.59. The zero-order chi connectivity index (χ0) is 13.8. The van der Waals surface area contributed by atoms with Crippen molar-refractivity contribution in [1.29, 1.82) is 0 Å². The first-order valence-corrected chi connectivity index (χ1v) is 6.65. The number of hydrogen-bond donors (Lipinski definition) is 1. The molecule has 0 aliphatic heterocycles. The van der Waals surface area contributed by atoms with E-state index in [0.717, 1.165) is 15.7 Å². The van der Waals surface area contributed by atoms with Crippen LogP contribution in [0.1, 0.15) is 5.56 Å². The summed E-state index contributed by atoms with van der Waals surface area (Å²) in [6, 6.07) is 12.5. The molecule has 4 nitrogen and oxygen atoms in total. The van der Waals surface area contributed by atoms with Gasteiger partial charge in [-0.25, -0.2) is 0 Å². The zero-order valence-corrected chi connectivity index (χ0v) is 12.1. The number of nitrogens with zero attached hydrogens (tertiary/aromatic N) is 1. The van der Waals surface area contributed by atoms with Crippen molar-refractivity contribution in [3.8, 4) is 0 Å². The number of nitro benzene ring substituents is 1. The third-order valence-corrected chi connectivity index (χ3v) is 3.40. The Labute approximate surface area is 123 Å². The molecule has 0 aromatic heterocycles. The van der Waals surface area contributed by atoms with E-state index < -0.39 is 4.92 Å². The second-order valence-corrected chi connectivity index (χ2v) is 5.23. The summed E-state index contributed by atoms with van der Waals surface area (Å²) in [5, 5.41) is 14.1. The molecule has 19 heavy (non-hydrogen) atoms. The van der Waals surface area contributed by atoms with Gasteiger partial charge in [0, 0.05) is 22.8 Å². The van der Waals surface area contributed by atoms with Gasteiger partial charge in [0.25, 0.3) is 5.69 Å². The SMILES string of the molecule is O=[N+]([O-])c1cc(CNc2ccc(Br)cc2)ccc1Cl. The topological polar surface area (TPSA) is 55.2 Å². The molecule has 1 N–H and O–H groups in total. The van der Waals surface area contributed by atoms with Gasteiger partial charge in [-0.3, -0.25) is 10.1 Å². The molecule has 98 valence electrons. The standard InChI is InChI=1S/C13H10BrClN2O2/c14-10-2-4-11(5-3-10)16-8-9-1-6-12(15)13(7-9)17(18)19/h1-7,16H,8H2. The van der Waals surface area contributed by atoms with Crippen molar-refractivity contribution in [1.82, 2.24) is 0 Å². The molecular formula is C13H10BrClN2O2. The van der Waals surface area contributed by atoms with Gasteiger partial charge in [-0.05, 0) is 35.9 Å². The highest BCUT2D eigenvalue weighted by atomic mass is 79.9. The molecule has 0 spiro atoms. The van der Waals surface area contributed by atoms with Crippen LogP contribution >= 0.6 is 27.5 Å². The normalized spacial score (nSPS) is 10.2. The van der Waals surface area contributed by atoms with E-state index in [0.29, 0.717) is 6.54 Å². The van der Waals surface area contributed by atoms with Gasteiger partial charge in [0.1, 0.15) is 5.02 Å². The van der Waals surface area contributed by atoms with Crippen LogP contribution in [0.25, 0.3) is 0 Å². The fourth-order valence-electron chi connectivity index (χ4n) is 1.58. The lowest BCUT2D eigenvalue weighted by atomic mass is 10.2. The van der Waals surface area contributed by atoms with Crippen LogP contribution in [0.2, 0.25) is 5.02 Å².